The van der Waals surface area contributed by atoms with Gasteiger partial charge in [0, 0.05) is 47.9 Å². The zero-order valence-electron chi connectivity index (χ0n) is 13.9. The number of halogens is 4. The second-order valence-electron chi connectivity index (χ2n) is 6.17. The molecule has 1 aromatic heterocycles. The number of piperazine rings is 1. The van der Waals surface area contributed by atoms with Crippen molar-refractivity contribution >= 4 is 55.8 Å². The minimum Gasteiger partial charge on any atom is -0.345 e. The molecule has 0 bridgehead atoms. The molecule has 9 heteroatoms. The van der Waals surface area contributed by atoms with E-state index in [9.17, 15) is 13.6 Å². The number of thiazole rings is 1. The van der Waals surface area contributed by atoms with Gasteiger partial charge in [-0.3, -0.25) is 4.79 Å². The highest BCUT2D eigenvalue weighted by Gasteiger charge is 2.25. The smallest absolute Gasteiger partial charge is 0.254 e. The third kappa shape index (κ3) is 3.72. The molecule has 3 aromatic rings. The lowest BCUT2D eigenvalue weighted by atomic mass is 10.2. The van der Waals surface area contributed by atoms with Crippen molar-refractivity contribution in [3.05, 3.63) is 57.6 Å². The molecule has 0 unspecified atom stereocenters. The summed E-state index contributed by atoms with van der Waals surface area (Å²) in [5, 5.41) is 1.44. The van der Waals surface area contributed by atoms with E-state index in [1.165, 1.54) is 17.4 Å². The maximum absolute atomic E-state index is 13.9. The largest absolute Gasteiger partial charge is 0.345 e. The molecule has 0 aliphatic carbocycles. The van der Waals surface area contributed by atoms with Gasteiger partial charge >= 0.3 is 0 Å². The highest BCUT2D eigenvalue weighted by molar-refractivity contribution is 7.22. The Morgan fingerprint density at radius 2 is 1.67 bits per heavy atom. The van der Waals surface area contributed by atoms with E-state index in [0.29, 0.717) is 51.6 Å². The Kier molecular flexibility index (Phi) is 4.92. The predicted octanol–water partition coefficient (Wildman–Crippen LogP) is 4.84. The summed E-state index contributed by atoms with van der Waals surface area (Å²) in [5.74, 6) is -1.43. The minimum atomic E-state index is -0.667. The van der Waals surface area contributed by atoms with Gasteiger partial charge in [0.1, 0.15) is 11.3 Å². The standard InChI is InChI=1S/C18H13Cl2F2N3OS/c19-11-5-10(6-12(20)7-11)17(26)24-1-3-25(4-2-24)18-23-16-14(22)8-13(21)9-15(16)27-18/h5-9H,1-4H2. The van der Waals surface area contributed by atoms with Crippen molar-refractivity contribution in [1.29, 1.82) is 0 Å². The van der Waals surface area contributed by atoms with Gasteiger partial charge < -0.3 is 9.80 Å². The normalized spacial score (nSPS) is 14.8. The van der Waals surface area contributed by atoms with E-state index in [2.05, 4.69) is 4.98 Å². The molecule has 4 nitrogen and oxygen atoms in total. The third-order valence-corrected chi connectivity index (χ3v) is 5.85. The lowest BCUT2D eigenvalue weighted by molar-refractivity contribution is 0.0747. The number of aromatic nitrogens is 1. The summed E-state index contributed by atoms with van der Waals surface area (Å²) in [6, 6.07) is 6.87. The van der Waals surface area contributed by atoms with Crippen molar-refractivity contribution in [2.45, 2.75) is 0 Å². The van der Waals surface area contributed by atoms with Crippen LogP contribution in [0.1, 0.15) is 10.4 Å². The first-order valence-corrected chi connectivity index (χ1v) is 9.74. The quantitative estimate of drug-likeness (QED) is 0.586. The fourth-order valence-corrected chi connectivity index (χ4v) is 4.62. The van der Waals surface area contributed by atoms with Crippen LogP contribution in [0.4, 0.5) is 13.9 Å². The van der Waals surface area contributed by atoms with Gasteiger partial charge in [-0.25, -0.2) is 13.8 Å². The molecular weight excluding hydrogens is 415 g/mol. The Morgan fingerprint density at radius 1 is 1.00 bits per heavy atom. The number of carbonyl (C=O) groups excluding carboxylic acids is 1. The van der Waals surface area contributed by atoms with Crippen LogP contribution >= 0.6 is 34.5 Å². The molecule has 4 rings (SSSR count). The molecule has 0 radical (unpaired) electrons. The van der Waals surface area contributed by atoms with Crippen molar-refractivity contribution in [2.75, 3.05) is 31.1 Å². The Hall–Kier alpha value is -1.96. The van der Waals surface area contributed by atoms with Gasteiger partial charge in [-0.1, -0.05) is 34.5 Å². The van der Waals surface area contributed by atoms with Crippen LogP contribution in [0.15, 0.2) is 30.3 Å². The number of amides is 1. The molecular formula is C18H13Cl2F2N3OS. The summed E-state index contributed by atoms with van der Waals surface area (Å²) in [5.41, 5.74) is 0.613. The summed E-state index contributed by atoms with van der Waals surface area (Å²) >= 11 is 13.2. The monoisotopic (exact) mass is 427 g/mol. The van der Waals surface area contributed by atoms with Gasteiger partial charge in [-0.15, -0.1) is 0 Å². The van der Waals surface area contributed by atoms with Gasteiger partial charge in [-0.05, 0) is 24.3 Å². The number of anilines is 1. The van der Waals surface area contributed by atoms with Crippen molar-refractivity contribution in [3.63, 3.8) is 0 Å². The SMILES string of the molecule is O=C(c1cc(Cl)cc(Cl)c1)N1CCN(c2nc3c(F)cc(F)cc3s2)CC1. The third-order valence-electron chi connectivity index (χ3n) is 4.35. The molecule has 0 saturated carbocycles. The molecule has 0 atom stereocenters. The fourth-order valence-electron chi connectivity index (χ4n) is 3.04. The number of benzene rings is 2. The van der Waals surface area contributed by atoms with E-state index in [4.69, 9.17) is 23.2 Å². The van der Waals surface area contributed by atoms with Crippen molar-refractivity contribution in [3.8, 4) is 0 Å². The highest BCUT2D eigenvalue weighted by atomic mass is 35.5. The average Bonchev–Trinajstić information content (AvgIpc) is 3.05. The van der Waals surface area contributed by atoms with Gasteiger partial charge in [0.25, 0.3) is 5.91 Å². The Balaban J connectivity index is 1.49. The number of hydrogen-bond acceptors (Lipinski definition) is 4. The number of nitrogens with zero attached hydrogens (tertiary/aromatic N) is 3. The highest BCUT2D eigenvalue weighted by Crippen LogP contribution is 2.31. The Morgan fingerprint density at radius 3 is 2.33 bits per heavy atom. The zero-order valence-corrected chi connectivity index (χ0v) is 16.2. The summed E-state index contributed by atoms with van der Waals surface area (Å²) in [6.07, 6.45) is 0. The average molecular weight is 428 g/mol. The number of rotatable bonds is 2. The van der Waals surface area contributed by atoms with E-state index >= 15 is 0 Å². The molecule has 2 aromatic carbocycles. The van der Waals surface area contributed by atoms with E-state index in [1.807, 2.05) is 4.90 Å². The molecule has 0 spiro atoms. The first-order valence-electron chi connectivity index (χ1n) is 8.16. The molecule has 0 N–H and O–H groups in total. The van der Waals surface area contributed by atoms with Crippen LogP contribution in [0.2, 0.25) is 10.0 Å². The van der Waals surface area contributed by atoms with Crippen molar-refractivity contribution in [2.24, 2.45) is 0 Å². The van der Waals surface area contributed by atoms with Crippen LogP contribution in [0, 0.1) is 11.6 Å². The van der Waals surface area contributed by atoms with Gasteiger partial charge in [0.2, 0.25) is 0 Å². The van der Waals surface area contributed by atoms with Crippen LogP contribution in [0.3, 0.4) is 0 Å². The molecule has 1 fully saturated rings. The summed E-state index contributed by atoms with van der Waals surface area (Å²) < 4.78 is 27.7. The van der Waals surface area contributed by atoms with E-state index in [1.54, 1.807) is 23.1 Å². The number of hydrogen-bond donors (Lipinski definition) is 0. The predicted molar refractivity (Wildman–Crippen MR) is 104 cm³/mol. The Bertz CT molecular complexity index is 1010. The topological polar surface area (TPSA) is 36.4 Å². The lowest BCUT2D eigenvalue weighted by Crippen LogP contribution is -2.48. The lowest BCUT2D eigenvalue weighted by Gasteiger charge is -2.34. The summed E-state index contributed by atoms with van der Waals surface area (Å²) in [6.45, 7) is 2.05. The van der Waals surface area contributed by atoms with E-state index < -0.39 is 11.6 Å². The maximum atomic E-state index is 13.9. The second-order valence-corrected chi connectivity index (χ2v) is 8.05. The van der Waals surface area contributed by atoms with Crippen LogP contribution in [0.5, 0.6) is 0 Å². The van der Waals surface area contributed by atoms with E-state index in [-0.39, 0.29) is 11.4 Å². The molecule has 1 saturated heterocycles. The molecule has 1 amide bonds. The molecule has 1 aliphatic rings. The van der Waals surface area contributed by atoms with E-state index in [0.717, 1.165) is 6.07 Å². The van der Waals surface area contributed by atoms with Crippen LogP contribution in [-0.4, -0.2) is 42.0 Å². The van der Waals surface area contributed by atoms with Gasteiger partial charge in [0.15, 0.2) is 10.9 Å². The van der Waals surface area contributed by atoms with Crippen LogP contribution < -0.4 is 4.90 Å². The maximum Gasteiger partial charge on any atom is 0.254 e. The first-order chi connectivity index (χ1) is 12.9. The van der Waals surface area contributed by atoms with Gasteiger partial charge in [0.05, 0.1) is 4.70 Å². The van der Waals surface area contributed by atoms with Crippen molar-refractivity contribution < 1.29 is 13.6 Å². The first kappa shape index (κ1) is 18.4. The Labute approximate surface area is 167 Å². The molecule has 1 aliphatic heterocycles. The molecule has 140 valence electrons. The second kappa shape index (κ2) is 7.22. The summed E-state index contributed by atoms with van der Waals surface area (Å²) in [4.78, 5) is 20.6. The number of carbonyl (C=O) groups is 1. The van der Waals surface area contributed by atoms with Crippen LogP contribution in [-0.2, 0) is 0 Å². The zero-order chi connectivity index (χ0) is 19.1. The minimum absolute atomic E-state index is 0.142. The fraction of sp³-hybridized carbons (Fsp3) is 0.222. The molecule has 2 heterocycles. The number of fused-ring (bicyclic) bond motifs is 1. The van der Waals surface area contributed by atoms with Crippen LogP contribution in [0.25, 0.3) is 10.2 Å². The molecule has 27 heavy (non-hydrogen) atoms. The summed E-state index contributed by atoms with van der Waals surface area (Å²) in [7, 11) is 0. The van der Waals surface area contributed by atoms with Crippen molar-refractivity contribution in [1.82, 2.24) is 9.88 Å². The van der Waals surface area contributed by atoms with Gasteiger partial charge in [-0.2, -0.15) is 0 Å².